The van der Waals surface area contributed by atoms with Gasteiger partial charge in [-0.3, -0.25) is 9.69 Å². The fourth-order valence-corrected chi connectivity index (χ4v) is 9.24. The number of hydrogen-bond acceptors (Lipinski definition) is 9. The summed E-state index contributed by atoms with van der Waals surface area (Å²) in [5.74, 6) is 0.415. The minimum atomic E-state index is -4.26. The standard InChI is InChI=1S/C34H39F3N8O2S/c1-20-21(13-44-7-5-22(6-8-44)42-29-26-10-24(11-34(35,36)37)48-31(26)41-19-40-29)3-4-28-25(20)9-23(12-38)45(28)18-32-15-33(16-32,17-32)43-30(47)27(14-46)39-2/h3-4,9-10,19,22,27,39,46H,5-8,11,13-18H2,1-2H3,(H,43,47)(H,40,41,42). The Kier molecular flexibility index (Phi) is 8.38. The van der Waals surface area contributed by atoms with Crippen LogP contribution in [0.15, 0.2) is 30.6 Å². The summed E-state index contributed by atoms with van der Waals surface area (Å²) >= 11 is 1.06. The van der Waals surface area contributed by atoms with Crippen LogP contribution in [-0.4, -0.2) is 81.0 Å². The number of thiophene rings is 1. The number of carbonyl (C=O) groups is 1. The maximum atomic E-state index is 12.9. The molecule has 1 amide bonds. The van der Waals surface area contributed by atoms with Gasteiger partial charge in [0.1, 0.15) is 34.8 Å². The topological polar surface area (TPSA) is 131 Å². The van der Waals surface area contributed by atoms with Gasteiger partial charge >= 0.3 is 6.18 Å². The highest BCUT2D eigenvalue weighted by Crippen LogP contribution is 2.68. The Labute approximate surface area is 280 Å². The second kappa shape index (κ2) is 12.3. The number of nitrogens with zero attached hydrogens (tertiary/aromatic N) is 5. The lowest BCUT2D eigenvalue weighted by molar-refractivity contribution is -0.172. The number of likely N-dealkylation sites (tertiary alicyclic amines) is 1. The Balaban J connectivity index is 0.973. The summed E-state index contributed by atoms with van der Waals surface area (Å²) in [7, 11) is 1.66. The van der Waals surface area contributed by atoms with Crippen molar-refractivity contribution >= 4 is 44.2 Å². The third-order valence-electron chi connectivity index (χ3n) is 10.5. The molecule has 4 heterocycles. The van der Waals surface area contributed by atoms with Crippen molar-refractivity contribution in [3.63, 3.8) is 0 Å². The number of anilines is 1. The molecule has 2 bridgehead atoms. The maximum Gasteiger partial charge on any atom is 0.393 e. The first kappa shape index (κ1) is 32.8. The molecule has 0 spiro atoms. The first-order chi connectivity index (χ1) is 22.9. The van der Waals surface area contributed by atoms with Gasteiger partial charge in [0.05, 0.1) is 18.4 Å². The van der Waals surface area contributed by atoms with Gasteiger partial charge in [-0.2, -0.15) is 18.4 Å². The van der Waals surface area contributed by atoms with Crippen LogP contribution in [0.5, 0.6) is 0 Å². The van der Waals surface area contributed by atoms with Gasteiger partial charge in [0, 0.05) is 53.5 Å². The van der Waals surface area contributed by atoms with E-state index in [1.165, 1.54) is 17.5 Å². The van der Waals surface area contributed by atoms with Gasteiger partial charge in [-0.1, -0.05) is 6.07 Å². The molecule has 4 aliphatic rings. The lowest BCUT2D eigenvalue weighted by Crippen LogP contribution is -2.76. The van der Waals surface area contributed by atoms with E-state index in [2.05, 4.69) is 60.5 Å². The molecule has 1 unspecified atom stereocenters. The van der Waals surface area contributed by atoms with Crippen LogP contribution < -0.4 is 16.0 Å². The molecule has 3 aromatic heterocycles. The Morgan fingerprint density at radius 2 is 1.94 bits per heavy atom. The number of piperidine rings is 1. The molecule has 4 aromatic rings. The molecule has 1 aliphatic heterocycles. The number of nitriles is 1. The SMILES string of the molecule is CNC(CO)C(=O)NC12CC(Cn3c(C#N)cc4c(C)c(CN5CCC(Nc6ncnc7sc(CC(F)(F)F)cc67)CC5)ccc43)(C1)C2. The second-order valence-electron chi connectivity index (χ2n) is 14.0. The molecule has 10 nitrogen and oxygen atoms in total. The molecular weight excluding hydrogens is 641 g/mol. The molecule has 1 atom stereocenters. The summed E-state index contributed by atoms with van der Waals surface area (Å²) in [5, 5.41) is 30.6. The summed E-state index contributed by atoms with van der Waals surface area (Å²) < 4.78 is 41.0. The van der Waals surface area contributed by atoms with Crippen LogP contribution in [0.4, 0.5) is 19.0 Å². The molecule has 254 valence electrons. The number of halogens is 3. The lowest BCUT2D eigenvalue weighted by Gasteiger charge is -2.71. The van der Waals surface area contributed by atoms with E-state index in [-0.39, 0.29) is 34.4 Å². The Morgan fingerprint density at radius 1 is 1.19 bits per heavy atom. The quantitative estimate of drug-likeness (QED) is 0.181. The predicted octanol–water partition coefficient (Wildman–Crippen LogP) is 4.63. The highest BCUT2D eigenvalue weighted by atomic mass is 32.1. The normalized spacial score (nSPS) is 23.4. The molecule has 1 aromatic carbocycles. The van der Waals surface area contributed by atoms with E-state index in [0.717, 1.165) is 80.5 Å². The Morgan fingerprint density at radius 3 is 2.60 bits per heavy atom. The first-order valence-corrected chi connectivity index (χ1v) is 17.2. The smallest absolute Gasteiger partial charge is 0.393 e. The summed E-state index contributed by atoms with van der Waals surface area (Å²) in [6.07, 6.45) is 0.536. The van der Waals surface area contributed by atoms with Crippen molar-refractivity contribution in [1.29, 1.82) is 5.26 Å². The zero-order chi connectivity index (χ0) is 33.8. The van der Waals surface area contributed by atoms with Crippen LogP contribution in [0.2, 0.25) is 0 Å². The van der Waals surface area contributed by atoms with E-state index in [1.807, 2.05) is 6.07 Å². The van der Waals surface area contributed by atoms with Crippen molar-refractivity contribution in [3.05, 3.63) is 52.3 Å². The number of fused-ring (bicyclic) bond motifs is 2. The molecule has 4 N–H and O–H groups in total. The molecule has 48 heavy (non-hydrogen) atoms. The molecule has 4 fully saturated rings. The fraction of sp³-hybridized carbons (Fsp3) is 0.529. The van der Waals surface area contributed by atoms with Gasteiger partial charge in [-0.05, 0) is 80.8 Å². The molecule has 1 saturated heterocycles. The lowest BCUT2D eigenvalue weighted by atomic mass is 9.39. The number of amides is 1. The largest absolute Gasteiger partial charge is 0.394 e. The van der Waals surface area contributed by atoms with Crippen LogP contribution in [0, 0.1) is 23.7 Å². The summed E-state index contributed by atoms with van der Waals surface area (Å²) in [6.45, 7) is 5.13. The number of aromatic nitrogens is 3. The Hall–Kier alpha value is -3.77. The number of benzene rings is 1. The minimum absolute atomic E-state index is 0.0659. The maximum absolute atomic E-state index is 12.9. The highest BCUT2D eigenvalue weighted by Gasteiger charge is 2.68. The van der Waals surface area contributed by atoms with Crippen LogP contribution in [0.3, 0.4) is 0 Å². The third-order valence-corrected chi connectivity index (χ3v) is 11.6. The van der Waals surface area contributed by atoms with Crippen LogP contribution >= 0.6 is 11.3 Å². The van der Waals surface area contributed by atoms with Crippen LogP contribution in [0.25, 0.3) is 21.1 Å². The van der Waals surface area contributed by atoms with Crippen LogP contribution in [-0.2, 0) is 24.3 Å². The number of aryl methyl sites for hydroxylation is 1. The highest BCUT2D eigenvalue weighted by molar-refractivity contribution is 7.18. The molecule has 3 aliphatic carbocycles. The minimum Gasteiger partial charge on any atom is -0.394 e. The van der Waals surface area contributed by atoms with Gasteiger partial charge in [-0.15, -0.1) is 11.3 Å². The number of carbonyl (C=O) groups excluding carboxylic acids is 1. The Bertz CT molecular complexity index is 1880. The van der Waals surface area contributed by atoms with Crippen molar-refractivity contribution in [2.45, 2.75) is 82.3 Å². The third kappa shape index (κ3) is 6.13. The van der Waals surface area contributed by atoms with Gasteiger partial charge < -0.3 is 25.6 Å². The van der Waals surface area contributed by atoms with Gasteiger partial charge in [-0.25, -0.2) is 9.97 Å². The number of aliphatic hydroxyl groups is 1. The van der Waals surface area contributed by atoms with E-state index in [4.69, 9.17) is 0 Å². The zero-order valence-electron chi connectivity index (χ0n) is 27.0. The number of rotatable bonds is 11. The number of aliphatic hydroxyl groups excluding tert-OH is 1. The van der Waals surface area contributed by atoms with Crippen molar-refractivity contribution in [3.8, 4) is 6.07 Å². The van der Waals surface area contributed by atoms with E-state index in [9.17, 15) is 28.3 Å². The summed E-state index contributed by atoms with van der Waals surface area (Å²) in [5.41, 5.74) is 3.95. The van der Waals surface area contributed by atoms with E-state index in [1.54, 1.807) is 13.1 Å². The van der Waals surface area contributed by atoms with Crippen molar-refractivity contribution in [2.75, 3.05) is 32.1 Å². The fourth-order valence-electron chi connectivity index (χ4n) is 8.22. The average Bonchev–Trinajstić information content (AvgIpc) is 3.58. The zero-order valence-corrected chi connectivity index (χ0v) is 27.8. The van der Waals surface area contributed by atoms with E-state index < -0.39 is 18.6 Å². The monoisotopic (exact) mass is 680 g/mol. The molecular formula is C34H39F3N8O2S. The molecule has 3 saturated carbocycles. The summed E-state index contributed by atoms with van der Waals surface area (Å²) in [4.78, 5) is 24.2. The second-order valence-corrected chi connectivity index (χ2v) is 15.1. The van der Waals surface area contributed by atoms with Gasteiger partial charge in [0.2, 0.25) is 5.91 Å². The van der Waals surface area contributed by atoms with E-state index in [0.29, 0.717) is 21.7 Å². The molecule has 8 rings (SSSR count). The van der Waals surface area contributed by atoms with Crippen molar-refractivity contribution in [2.24, 2.45) is 5.41 Å². The number of likely N-dealkylation sites (N-methyl/N-ethyl adjacent to an activating group) is 1. The first-order valence-electron chi connectivity index (χ1n) is 16.3. The van der Waals surface area contributed by atoms with Crippen LogP contribution in [0.1, 0.15) is 53.8 Å². The number of alkyl halides is 3. The molecule has 14 heteroatoms. The number of nitrogens with one attached hydrogen (secondary N) is 3. The van der Waals surface area contributed by atoms with Crippen molar-refractivity contribution in [1.82, 2.24) is 30.1 Å². The molecule has 0 radical (unpaired) electrons. The van der Waals surface area contributed by atoms with Gasteiger partial charge in [0.15, 0.2) is 0 Å². The van der Waals surface area contributed by atoms with Crippen molar-refractivity contribution < 1.29 is 23.1 Å². The van der Waals surface area contributed by atoms with Gasteiger partial charge in [0.25, 0.3) is 0 Å². The number of hydrogen-bond donors (Lipinski definition) is 4. The summed E-state index contributed by atoms with van der Waals surface area (Å²) in [6, 6.07) is 9.80. The average molecular weight is 681 g/mol. The predicted molar refractivity (Wildman–Crippen MR) is 178 cm³/mol. The van der Waals surface area contributed by atoms with E-state index >= 15 is 0 Å².